The summed E-state index contributed by atoms with van der Waals surface area (Å²) in [5, 5.41) is 3.24. The fraction of sp³-hybridized carbons (Fsp3) is 0.600. The zero-order chi connectivity index (χ0) is 13.7. The summed E-state index contributed by atoms with van der Waals surface area (Å²) in [4.78, 5) is 0. The van der Waals surface area contributed by atoms with Crippen molar-refractivity contribution < 1.29 is 14.2 Å². The lowest BCUT2D eigenvalue weighted by Crippen LogP contribution is -2.14. The zero-order valence-corrected chi connectivity index (χ0v) is 11.9. The second-order valence-corrected chi connectivity index (χ2v) is 4.88. The minimum atomic E-state index is 0.218. The summed E-state index contributed by atoms with van der Waals surface area (Å²) in [6.45, 7) is 4.21. The number of rotatable bonds is 6. The highest BCUT2D eigenvalue weighted by molar-refractivity contribution is 5.38. The molecule has 0 bridgehead atoms. The molecule has 0 saturated carbocycles. The summed E-state index contributed by atoms with van der Waals surface area (Å²) < 4.78 is 16.6. The first-order valence-corrected chi connectivity index (χ1v) is 6.78. The molecule has 2 rings (SSSR count). The van der Waals surface area contributed by atoms with Crippen LogP contribution in [0.25, 0.3) is 0 Å². The molecule has 4 nitrogen and oxygen atoms in total. The highest BCUT2D eigenvalue weighted by Gasteiger charge is 2.17. The number of methoxy groups -OCH3 is 1. The van der Waals surface area contributed by atoms with Gasteiger partial charge in [0.25, 0.3) is 0 Å². The van der Waals surface area contributed by atoms with Gasteiger partial charge in [0.2, 0.25) is 0 Å². The number of benzene rings is 1. The average molecular weight is 265 g/mol. The summed E-state index contributed by atoms with van der Waals surface area (Å²) in [5.41, 5.74) is 2.33. The summed E-state index contributed by atoms with van der Waals surface area (Å²) in [6, 6.07) is 6.56. The van der Waals surface area contributed by atoms with Crippen molar-refractivity contribution in [1.29, 1.82) is 0 Å². The van der Waals surface area contributed by atoms with Gasteiger partial charge in [0.05, 0.1) is 26.4 Å². The van der Waals surface area contributed by atoms with Crippen LogP contribution in [0.4, 0.5) is 0 Å². The fourth-order valence-corrected chi connectivity index (χ4v) is 2.20. The lowest BCUT2D eigenvalue weighted by Gasteiger charge is -2.16. The van der Waals surface area contributed by atoms with Crippen LogP contribution in [0, 0.1) is 0 Å². The van der Waals surface area contributed by atoms with Crippen LogP contribution < -0.4 is 10.1 Å². The van der Waals surface area contributed by atoms with E-state index < -0.39 is 0 Å². The van der Waals surface area contributed by atoms with Crippen molar-refractivity contribution in [2.45, 2.75) is 32.1 Å². The number of hydrogen-bond acceptors (Lipinski definition) is 4. The monoisotopic (exact) mass is 265 g/mol. The van der Waals surface area contributed by atoms with E-state index in [1.165, 1.54) is 5.56 Å². The Balaban J connectivity index is 2.06. The van der Waals surface area contributed by atoms with E-state index in [0.717, 1.165) is 24.3 Å². The molecule has 1 aliphatic heterocycles. The fourth-order valence-electron chi connectivity index (χ4n) is 2.20. The van der Waals surface area contributed by atoms with Crippen molar-refractivity contribution in [2.24, 2.45) is 0 Å². The van der Waals surface area contributed by atoms with Crippen molar-refractivity contribution in [3.63, 3.8) is 0 Å². The van der Waals surface area contributed by atoms with Gasteiger partial charge < -0.3 is 19.5 Å². The van der Waals surface area contributed by atoms with Crippen LogP contribution in [0.15, 0.2) is 18.2 Å². The van der Waals surface area contributed by atoms with Gasteiger partial charge in [-0.1, -0.05) is 6.07 Å². The van der Waals surface area contributed by atoms with Crippen LogP contribution in [0.5, 0.6) is 5.75 Å². The van der Waals surface area contributed by atoms with Crippen LogP contribution in [0.3, 0.4) is 0 Å². The van der Waals surface area contributed by atoms with Gasteiger partial charge in [0.15, 0.2) is 0 Å². The van der Waals surface area contributed by atoms with Crippen LogP contribution in [0.2, 0.25) is 0 Å². The molecule has 19 heavy (non-hydrogen) atoms. The maximum atomic E-state index is 5.87. The Hall–Kier alpha value is -1.10. The maximum absolute atomic E-state index is 5.87. The Morgan fingerprint density at radius 1 is 1.47 bits per heavy atom. The average Bonchev–Trinajstić information content (AvgIpc) is 2.97. The molecule has 1 aromatic rings. The molecule has 2 atom stereocenters. The molecule has 1 aliphatic rings. The molecular weight excluding hydrogens is 242 g/mol. The van der Waals surface area contributed by atoms with Gasteiger partial charge in [-0.2, -0.15) is 0 Å². The van der Waals surface area contributed by atoms with Crippen molar-refractivity contribution in [3.8, 4) is 5.75 Å². The van der Waals surface area contributed by atoms with E-state index in [0.29, 0.717) is 19.3 Å². The normalized spacial score (nSPS) is 20.5. The molecule has 0 aliphatic carbocycles. The van der Waals surface area contributed by atoms with Crippen molar-refractivity contribution in [1.82, 2.24) is 5.32 Å². The van der Waals surface area contributed by atoms with E-state index in [1.54, 1.807) is 7.11 Å². The smallest absolute Gasteiger partial charge is 0.124 e. The van der Waals surface area contributed by atoms with Crippen LogP contribution in [-0.2, 0) is 16.1 Å². The zero-order valence-electron chi connectivity index (χ0n) is 11.9. The van der Waals surface area contributed by atoms with E-state index in [9.17, 15) is 0 Å². The van der Waals surface area contributed by atoms with Gasteiger partial charge in [-0.25, -0.2) is 0 Å². The molecule has 0 spiro atoms. The molecule has 1 fully saturated rings. The minimum Gasteiger partial charge on any atom is -0.496 e. The van der Waals surface area contributed by atoms with Gasteiger partial charge in [-0.3, -0.25) is 0 Å². The third-order valence-electron chi connectivity index (χ3n) is 3.60. The molecule has 0 radical (unpaired) electrons. The first kappa shape index (κ1) is 14.3. The van der Waals surface area contributed by atoms with Gasteiger partial charge in [0, 0.05) is 18.2 Å². The quantitative estimate of drug-likeness (QED) is 0.856. The Labute approximate surface area is 115 Å². The van der Waals surface area contributed by atoms with E-state index in [2.05, 4.69) is 24.4 Å². The molecule has 2 unspecified atom stereocenters. The molecule has 1 N–H and O–H groups in total. The van der Waals surface area contributed by atoms with E-state index in [4.69, 9.17) is 14.2 Å². The van der Waals surface area contributed by atoms with Gasteiger partial charge >= 0.3 is 0 Å². The molecule has 4 heteroatoms. The van der Waals surface area contributed by atoms with Gasteiger partial charge in [0.1, 0.15) is 5.75 Å². The van der Waals surface area contributed by atoms with Crippen molar-refractivity contribution in [2.75, 3.05) is 27.4 Å². The second kappa shape index (κ2) is 6.89. The molecule has 0 aromatic heterocycles. The lowest BCUT2D eigenvalue weighted by molar-refractivity contribution is 0.0308. The summed E-state index contributed by atoms with van der Waals surface area (Å²) in [5.74, 6) is 0.881. The van der Waals surface area contributed by atoms with Crippen molar-refractivity contribution in [3.05, 3.63) is 29.3 Å². The standard InChI is InChI=1S/C15H23NO3/c1-11(16-2)12-4-5-15(17-3)13(8-12)9-19-14-6-7-18-10-14/h4-5,8,11,14,16H,6-7,9-10H2,1-3H3. The number of ether oxygens (including phenoxy) is 3. The van der Waals surface area contributed by atoms with E-state index >= 15 is 0 Å². The molecule has 106 valence electrons. The van der Waals surface area contributed by atoms with E-state index in [-0.39, 0.29) is 6.10 Å². The van der Waals surface area contributed by atoms with Crippen LogP contribution in [-0.4, -0.2) is 33.5 Å². The largest absolute Gasteiger partial charge is 0.496 e. The Bertz CT molecular complexity index is 402. The third kappa shape index (κ3) is 3.69. The first-order chi connectivity index (χ1) is 9.24. The van der Waals surface area contributed by atoms with Crippen molar-refractivity contribution >= 4 is 0 Å². The molecule has 1 heterocycles. The van der Waals surface area contributed by atoms with E-state index in [1.807, 2.05) is 13.1 Å². The van der Waals surface area contributed by atoms with Crippen LogP contribution >= 0.6 is 0 Å². The lowest BCUT2D eigenvalue weighted by atomic mass is 10.0. The number of nitrogens with one attached hydrogen (secondary N) is 1. The maximum Gasteiger partial charge on any atom is 0.124 e. The highest BCUT2D eigenvalue weighted by atomic mass is 16.5. The summed E-state index contributed by atoms with van der Waals surface area (Å²) in [7, 11) is 3.65. The highest BCUT2D eigenvalue weighted by Crippen LogP contribution is 2.25. The first-order valence-electron chi connectivity index (χ1n) is 6.78. The Kier molecular flexibility index (Phi) is 5.19. The summed E-state index contributed by atoms with van der Waals surface area (Å²) in [6.07, 6.45) is 1.20. The SMILES string of the molecule is CNC(C)c1ccc(OC)c(COC2CCOC2)c1. The van der Waals surface area contributed by atoms with Gasteiger partial charge in [-0.05, 0) is 38.1 Å². The summed E-state index contributed by atoms with van der Waals surface area (Å²) >= 11 is 0. The molecular formula is C15H23NO3. The Morgan fingerprint density at radius 3 is 2.95 bits per heavy atom. The predicted octanol–water partition coefficient (Wildman–Crippen LogP) is 2.28. The molecule has 0 amide bonds. The molecule has 1 saturated heterocycles. The predicted molar refractivity (Wildman–Crippen MR) is 74.5 cm³/mol. The van der Waals surface area contributed by atoms with Gasteiger partial charge in [-0.15, -0.1) is 0 Å². The Morgan fingerprint density at radius 2 is 2.32 bits per heavy atom. The number of hydrogen-bond donors (Lipinski definition) is 1. The second-order valence-electron chi connectivity index (χ2n) is 4.88. The van der Waals surface area contributed by atoms with Crippen LogP contribution in [0.1, 0.15) is 30.5 Å². The topological polar surface area (TPSA) is 39.7 Å². The molecule has 1 aromatic carbocycles. The minimum absolute atomic E-state index is 0.218. The third-order valence-corrected chi connectivity index (χ3v) is 3.60.